The first kappa shape index (κ1) is 16.9. The van der Waals surface area contributed by atoms with Gasteiger partial charge in [-0.1, -0.05) is 6.42 Å². The number of nitrogens with one attached hydrogen (secondary N) is 2. The molecule has 0 aromatic carbocycles. The molecule has 0 bridgehead atoms. The Morgan fingerprint density at radius 1 is 1.14 bits per heavy atom. The molecular formula is C20H22N8. The average Bonchev–Trinajstić information content (AvgIpc) is 3.21. The summed E-state index contributed by atoms with van der Waals surface area (Å²) in [6, 6.07) is 3.85. The summed E-state index contributed by atoms with van der Waals surface area (Å²) < 4.78 is 1.77. The lowest BCUT2D eigenvalue weighted by Crippen LogP contribution is -2.07. The first-order valence-corrected chi connectivity index (χ1v) is 9.68. The van der Waals surface area contributed by atoms with Crippen LogP contribution in [-0.4, -0.2) is 34.9 Å². The van der Waals surface area contributed by atoms with Gasteiger partial charge in [-0.15, -0.1) is 0 Å². The Hall–Kier alpha value is -3.29. The normalized spacial score (nSPS) is 14.0. The van der Waals surface area contributed by atoms with Crippen molar-refractivity contribution in [2.24, 2.45) is 7.05 Å². The van der Waals surface area contributed by atoms with E-state index >= 15 is 0 Å². The fourth-order valence-electron chi connectivity index (χ4n) is 3.82. The summed E-state index contributed by atoms with van der Waals surface area (Å²) in [4.78, 5) is 13.6. The van der Waals surface area contributed by atoms with Crippen LogP contribution in [0.2, 0.25) is 0 Å². The zero-order chi connectivity index (χ0) is 18.9. The second-order valence-corrected chi connectivity index (χ2v) is 7.18. The van der Waals surface area contributed by atoms with Gasteiger partial charge in [0.05, 0.1) is 23.8 Å². The minimum absolute atomic E-state index is 0.624. The van der Waals surface area contributed by atoms with Gasteiger partial charge in [0, 0.05) is 30.7 Å². The van der Waals surface area contributed by atoms with E-state index in [0.717, 1.165) is 41.0 Å². The number of H-pyrrole nitrogens is 1. The summed E-state index contributed by atoms with van der Waals surface area (Å²) in [5.74, 6) is 1.40. The fourth-order valence-corrected chi connectivity index (χ4v) is 3.82. The molecule has 0 aliphatic heterocycles. The highest BCUT2D eigenvalue weighted by Gasteiger charge is 2.17. The molecule has 8 nitrogen and oxygen atoms in total. The molecule has 1 aliphatic rings. The number of aromatic nitrogens is 7. The van der Waals surface area contributed by atoms with E-state index in [2.05, 4.69) is 30.6 Å². The van der Waals surface area contributed by atoms with Crippen LogP contribution in [0.3, 0.4) is 0 Å². The number of hydrogen-bond acceptors (Lipinski definition) is 6. The van der Waals surface area contributed by atoms with Crippen molar-refractivity contribution in [2.75, 3.05) is 5.32 Å². The summed E-state index contributed by atoms with van der Waals surface area (Å²) in [6.45, 7) is 0.624. The predicted octanol–water partition coefficient (Wildman–Crippen LogP) is 3.03. The first-order valence-electron chi connectivity index (χ1n) is 9.68. The van der Waals surface area contributed by atoms with Gasteiger partial charge in [0.25, 0.3) is 0 Å². The van der Waals surface area contributed by atoms with E-state index in [4.69, 9.17) is 4.98 Å². The average molecular weight is 374 g/mol. The monoisotopic (exact) mass is 374 g/mol. The van der Waals surface area contributed by atoms with Crippen LogP contribution in [0, 0.1) is 0 Å². The van der Waals surface area contributed by atoms with Crippen molar-refractivity contribution < 1.29 is 0 Å². The molecule has 0 saturated carbocycles. The molecule has 4 heterocycles. The molecule has 28 heavy (non-hydrogen) atoms. The largest absolute Gasteiger partial charge is 0.364 e. The van der Waals surface area contributed by atoms with Crippen molar-refractivity contribution in [1.82, 2.24) is 34.9 Å². The molecule has 0 amide bonds. The topological polar surface area (TPSA) is 97.2 Å². The Labute approximate surface area is 162 Å². The van der Waals surface area contributed by atoms with Crippen molar-refractivity contribution in [1.29, 1.82) is 0 Å². The van der Waals surface area contributed by atoms with Gasteiger partial charge < -0.3 is 5.32 Å². The molecule has 2 N–H and O–H groups in total. The molecular weight excluding hydrogens is 352 g/mol. The van der Waals surface area contributed by atoms with Crippen molar-refractivity contribution in [3.8, 4) is 11.4 Å². The van der Waals surface area contributed by atoms with Crippen molar-refractivity contribution in [3.63, 3.8) is 0 Å². The molecule has 5 rings (SSSR count). The highest BCUT2D eigenvalue weighted by molar-refractivity contribution is 5.88. The van der Waals surface area contributed by atoms with Gasteiger partial charge in [0.2, 0.25) is 0 Å². The maximum absolute atomic E-state index is 4.76. The molecule has 0 fully saturated rings. The molecule has 0 spiro atoms. The summed E-state index contributed by atoms with van der Waals surface area (Å²) in [7, 11) is 1.89. The van der Waals surface area contributed by atoms with Gasteiger partial charge in [-0.2, -0.15) is 10.2 Å². The maximum Gasteiger partial charge on any atom is 0.165 e. The molecule has 0 unspecified atom stereocenters. The number of anilines is 1. The van der Waals surface area contributed by atoms with Crippen LogP contribution in [0.15, 0.2) is 30.7 Å². The third-order valence-corrected chi connectivity index (χ3v) is 5.33. The first-order chi connectivity index (χ1) is 13.8. The lowest BCUT2D eigenvalue weighted by atomic mass is 10.1. The van der Waals surface area contributed by atoms with Gasteiger partial charge >= 0.3 is 0 Å². The highest BCUT2D eigenvalue weighted by atomic mass is 15.3. The third-order valence-electron chi connectivity index (χ3n) is 5.33. The minimum atomic E-state index is 0.624. The minimum Gasteiger partial charge on any atom is -0.364 e. The second-order valence-electron chi connectivity index (χ2n) is 7.18. The Morgan fingerprint density at radius 2 is 2.07 bits per heavy atom. The van der Waals surface area contributed by atoms with Crippen LogP contribution in [0.5, 0.6) is 0 Å². The van der Waals surface area contributed by atoms with Crippen molar-refractivity contribution in [2.45, 2.75) is 38.6 Å². The summed E-state index contributed by atoms with van der Waals surface area (Å²) in [5, 5.41) is 16.5. The van der Waals surface area contributed by atoms with Crippen LogP contribution in [0.1, 0.15) is 36.2 Å². The Balaban J connectivity index is 1.50. The Morgan fingerprint density at radius 3 is 2.96 bits per heavy atom. The lowest BCUT2D eigenvalue weighted by molar-refractivity contribution is 0.699. The maximum atomic E-state index is 4.76. The highest BCUT2D eigenvalue weighted by Crippen LogP contribution is 2.26. The van der Waals surface area contributed by atoms with E-state index in [0.29, 0.717) is 12.4 Å². The number of pyridine rings is 1. The van der Waals surface area contributed by atoms with Gasteiger partial charge in [-0.05, 0) is 43.4 Å². The summed E-state index contributed by atoms with van der Waals surface area (Å²) >= 11 is 0. The zero-order valence-corrected chi connectivity index (χ0v) is 15.8. The van der Waals surface area contributed by atoms with Gasteiger partial charge in [-0.3, -0.25) is 14.8 Å². The van der Waals surface area contributed by atoms with Crippen molar-refractivity contribution >= 4 is 16.9 Å². The fraction of sp³-hybridized carbons (Fsp3) is 0.350. The molecule has 0 atom stereocenters. The zero-order valence-electron chi connectivity index (χ0n) is 15.8. The lowest BCUT2D eigenvalue weighted by Gasteiger charge is -2.09. The standard InChI is InChI=1S/C20H22N8/c1-28-20-15(11-23-28)19(24-18(25-20)13-6-5-9-21-10-13)22-12-17-14-7-3-2-4-8-16(14)26-27-17/h5-6,9-11H,2-4,7-8,12H2,1H3,(H,26,27)(H,22,24,25). The van der Waals surface area contributed by atoms with Crippen LogP contribution >= 0.6 is 0 Å². The SMILES string of the molecule is Cn1ncc2c(NCc3n[nH]c4c3CCCCC4)nc(-c3cccnc3)nc21. The molecule has 0 radical (unpaired) electrons. The number of rotatable bonds is 4. The molecule has 8 heteroatoms. The summed E-state index contributed by atoms with van der Waals surface area (Å²) in [5.41, 5.74) is 5.41. The molecule has 4 aromatic heterocycles. The van der Waals surface area contributed by atoms with Crippen LogP contribution in [-0.2, 0) is 26.4 Å². The number of fused-ring (bicyclic) bond motifs is 2. The number of hydrogen-bond donors (Lipinski definition) is 2. The van der Waals surface area contributed by atoms with Gasteiger partial charge in [-0.25, -0.2) is 9.97 Å². The molecule has 1 aliphatic carbocycles. The quantitative estimate of drug-likeness (QED) is 0.533. The number of aryl methyl sites for hydroxylation is 2. The number of nitrogens with zero attached hydrogens (tertiary/aromatic N) is 6. The van der Waals surface area contributed by atoms with Crippen molar-refractivity contribution in [3.05, 3.63) is 47.7 Å². The van der Waals surface area contributed by atoms with E-state index in [-0.39, 0.29) is 0 Å². The van der Waals surface area contributed by atoms with E-state index in [1.807, 2.05) is 19.2 Å². The van der Waals surface area contributed by atoms with Crippen LogP contribution < -0.4 is 5.32 Å². The van der Waals surface area contributed by atoms with E-state index in [1.165, 1.54) is 30.5 Å². The van der Waals surface area contributed by atoms with E-state index in [1.54, 1.807) is 23.3 Å². The third kappa shape index (κ3) is 3.00. The molecule has 0 saturated heterocycles. The molecule has 142 valence electrons. The Kier molecular flexibility index (Phi) is 4.23. The second kappa shape index (κ2) is 7.03. The smallest absolute Gasteiger partial charge is 0.165 e. The van der Waals surface area contributed by atoms with Gasteiger partial charge in [0.15, 0.2) is 11.5 Å². The summed E-state index contributed by atoms with van der Waals surface area (Å²) in [6.07, 6.45) is 11.2. The van der Waals surface area contributed by atoms with Crippen LogP contribution in [0.4, 0.5) is 5.82 Å². The molecule has 4 aromatic rings. The predicted molar refractivity (Wildman–Crippen MR) is 107 cm³/mol. The van der Waals surface area contributed by atoms with E-state index < -0.39 is 0 Å². The Bertz CT molecular complexity index is 1110. The van der Waals surface area contributed by atoms with Crippen LogP contribution in [0.25, 0.3) is 22.4 Å². The van der Waals surface area contributed by atoms with Gasteiger partial charge in [0.1, 0.15) is 5.82 Å². The number of aromatic amines is 1. The van der Waals surface area contributed by atoms with E-state index in [9.17, 15) is 0 Å².